The lowest BCUT2D eigenvalue weighted by Crippen LogP contribution is -2.42. The Hall–Kier alpha value is -2.89. The number of carbonyl (C=O) groups is 2. The molecule has 0 bridgehead atoms. The van der Waals surface area contributed by atoms with Crippen molar-refractivity contribution in [1.82, 2.24) is 10.4 Å². The van der Waals surface area contributed by atoms with E-state index in [2.05, 4.69) is 10.5 Å². The summed E-state index contributed by atoms with van der Waals surface area (Å²) in [6, 6.07) is 7.53. The molecule has 37 heavy (non-hydrogen) atoms. The van der Waals surface area contributed by atoms with E-state index >= 15 is 0 Å². The van der Waals surface area contributed by atoms with Crippen LogP contribution in [0.15, 0.2) is 35.5 Å². The van der Waals surface area contributed by atoms with E-state index in [0.29, 0.717) is 35.4 Å². The number of benzene rings is 2. The predicted octanol–water partition coefficient (Wildman–Crippen LogP) is 5.55. The highest BCUT2D eigenvalue weighted by Crippen LogP contribution is 2.39. The number of oxime groups is 1. The average molecular weight is 564 g/mol. The maximum atomic E-state index is 13.8. The number of carbonyl (C=O) groups excluding carboxylic acids is 2. The number of rotatable bonds is 5. The first-order valence-electron chi connectivity index (χ1n) is 11.0. The minimum atomic E-state index is -3.67. The Labute approximate surface area is 220 Å². The number of hydrogen-bond donors (Lipinski definition) is 1. The molecule has 2 unspecified atom stereocenters. The van der Waals surface area contributed by atoms with Gasteiger partial charge in [-0.1, -0.05) is 34.4 Å². The quantitative estimate of drug-likeness (QED) is 0.382. The van der Waals surface area contributed by atoms with Gasteiger partial charge in [-0.2, -0.15) is 13.2 Å². The van der Waals surface area contributed by atoms with Gasteiger partial charge in [0.15, 0.2) is 11.4 Å². The van der Waals surface area contributed by atoms with Gasteiger partial charge in [0.1, 0.15) is 12.6 Å². The Bertz CT molecular complexity index is 1200. The molecule has 0 spiro atoms. The van der Waals surface area contributed by atoms with Crippen molar-refractivity contribution in [3.05, 3.63) is 68.4 Å². The molecule has 2 atom stereocenters. The lowest BCUT2D eigenvalue weighted by atomic mass is 9.88. The molecule has 0 saturated carbocycles. The maximum Gasteiger partial charge on any atom is 0.379 e. The molecule has 2 amide bonds. The first-order chi connectivity index (χ1) is 17.4. The number of alkyl halides is 3. The minimum Gasteiger partial charge on any atom is -0.384 e. The number of hydrogen-bond acceptors (Lipinski definition) is 5. The van der Waals surface area contributed by atoms with Crippen LogP contribution in [0, 0.1) is 12.7 Å². The van der Waals surface area contributed by atoms with Gasteiger partial charge in [0.05, 0.1) is 15.8 Å². The third kappa shape index (κ3) is 6.52. The summed E-state index contributed by atoms with van der Waals surface area (Å²) < 4.78 is 42.8. The van der Waals surface area contributed by atoms with Crippen molar-refractivity contribution in [2.45, 2.75) is 45.5 Å². The molecule has 2 heterocycles. The van der Waals surface area contributed by atoms with Crippen LogP contribution < -0.4 is 5.32 Å². The third-order valence-corrected chi connectivity index (χ3v) is 6.34. The number of nitrogens with one attached hydrogen (secondary N) is 1. The van der Waals surface area contributed by atoms with Crippen molar-refractivity contribution in [3.8, 4) is 0 Å². The summed E-state index contributed by atoms with van der Waals surface area (Å²) in [5.74, 6) is -1.30. The second-order valence-electron chi connectivity index (χ2n) is 8.42. The highest BCUT2D eigenvalue weighted by molar-refractivity contribution is 6.35. The number of hydroxylamine groups is 2. The number of amides is 2. The highest BCUT2D eigenvalue weighted by atomic mass is 35.5. The number of aryl methyl sites for hydroxylation is 1. The van der Waals surface area contributed by atoms with Crippen LogP contribution in [-0.2, 0) is 20.1 Å². The fourth-order valence-electron chi connectivity index (χ4n) is 3.87. The summed E-state index contributed by atoms with van der Waals surface area (Å²) in [7, 11) is 0. The summed E-state index contributed by atoms with van der Waals surface area (Å²) in [5.41, 5.74) is 2.35. The van der Waals surface area contributed by atoms with E-state index in [1.807, 2.05) is 13.0 Å². The molecule has 0 radical (unpaired) electrons. The lowest BCUT2D eigenvalue weighted by Gasteiger charge is -2.22. The largest absolute Gasteiger partial charge is 0.384 e. The smallest absolute Gasteiger partial charge is 0.379 e. The van der Waals surface area contributed by atoms with Crippen molar-refractivity contribution in [3.63, 3.8) is 0 Å². The first kappa shape index (κ1) is 28.7. The molecule has 2 aromatic rings. The predicted molar refractivity (Wildman–Crippen MR) is 129 cm³/mol. The number of likely N-dealkylation sites (N-methyl/N-ethyl adjacent to an activating group) is 1. The van der Waals surface area contributed by atoms with E-state index in [0.717, 1.165) is 5.56 Å². The van der Waals surface area contributed by atoms with Gasteiger partial charge in [0.2, 0.25) is 0 Å². The monoisotopic (exact) mass is 563 g/mol. The Kier molecular flexibility index (Phi) is 9.04. The Morgan fingerprint density at radius 3 is 2.41 bits per heavy atom. The summed E-state index contributed by atoms with van der Waals surface area (Å²) in [6.45, 7) is 2.28. The maximum absolute atomic E-state index is 13.8. The molecule has 0 aromatic heterocycles. The Balaban J connectivity index is 0.000000886. The van der Waals surface area contributed by atoms with Crippen LogP contribution in [0.4, 0.5) is 17.6 Å². The molecule has 4 rings (SSSR count). The van der Waals surface area contributed by atoms with Gasteiger partial charge >= 0.3 is 6.68 Å². The van der Waals surface area contributed by atoms with Crippen LogP contribution in [0.25, 0.3) is 0 Å². The van der Waals surface area contributed by atoms with E-state index < -0.39 is 24.1 Å². The molecule has 1 fully saturated rings. The van der Waals surface area contributed by atoms with Crippen LogP contribution in [0.3, 0.4) is 0 Å². The van der Waals surface area contributed by atoms with Crippen molar-refractivity contribution in [1.29, 1.82) is 0 Å². The normalized spacial score (nSPS) is 20.9. The second-order valence-corrected chi connectivity index (χ2v) is 9.24. The fourth-order valence-corrected chi connectivity index (χ4v) is 4.36. The van der Waals surface area contributed by atoms with Crippen molar-refractivity contribution in [2.75, 3.05) is 13.2 Å². The van der Waals surface area contributed by atoms with Gasteiger partial charge in [-0.3, -0.25) is 14.4 Å². The van der Waals surface area contributed by atoms with Gasteiger partial charge in [-0.25, -0.2) is 9.45 Å². The van der Waals surface area contributed by atoms with E-state index in [1.54, 1.807) is 26.0 Å². The second kappa shape index (κ2) is 11.7. The van der Waals surface area contributed by atoms with Crippen molar-refractivity contribution < 1.29 is 36.8 Å². The van der Waals surface area contributed by atoms with Gasteiger partial charge in [-0.05, 0) is 56.2 Å². The summed E-state index contributed by atoms with van der Waals surface area (Å²) in [5, 5.41) is 7.99. The topological polar surface area (TPSA) is 80.2 Å². The summed E-state index contributed by atoms with van der Waals surface area (Å²) in [4.78, 5) is 35.9. The van der Waals surface area contributed by atoms with Gasteiger partial charge in [0, 0.05) is 24.1 Å². The van der Waals surface area contributed by atoms with Gasteiger partial charge < -0.3 is 10.2 Å². The van der Waals surface area contributed by atoms with E-state index in [1.165, 1.54) is 17.2 Å². The van der Waals surface area contributed by atoms with Crippen LogP contribution in [-0.4, -0.2) is 48.5 Å². The third-order valence-electron chi connectivity index (χ3n) is 5.79. The molecule has 13 heteroatoms. The molecule has 200 valence electrons. The average Bonchev–Trinajstić information content (AvgIpc) is 3.40. The van der Waals surface area contributed by atoms with Crippen LogP contribution in [0.5, 0.6) is 0 Å². The van der Waals surface area contributed by atoms with Crippen LogP contribution >= 0.6 is 23.2 Å². The zero-order valence-electron chi connectivity index (χ0n) is 20.0. The SMILES string of the molecule is CCN1OCC(NC(=O)c2ccc(C3=NOC(C)(c4cc(Cl)c(F)c(Cl)c4)C3)cc2C)C1=O.FC(F)F. The van der Waals surface area contributed by atoms with E-state index in [4.69, 9.17) is 32.9 Å². The molecule has 1 saturated heterocycles. The van der Waals surface area contributed by atoms with Crippen molar-refractivity contribution in [2.24, 2.45) is 5.16 Å². The summed E-state index contributed by atoms with van der Waals surface area (Å²) >= 11 is 11.9. The molecular weight excluding hydrogens is 541 g/mol. The summed E-state index contributed by atoms with van der Waals surface area (Å²) in [6.07, 6.45) is 0.400. The first-order valence-corrected chi connectivity index (χ1v) is 11.8. The molecule has 1 N–H and O–H groups in total. The zero-order valence-corrected chi connectivity index (χ0v) is 21.5. The Morgan fingerprint density at radius 1 is 1.24 bits per heavy atom. The zero-order chi connectivity index (χ0) is 27.5. The van der Waals surface area contributed by atoms with Gasteiger partial charge in [-0.15, -0.1) is 0 Å². The van der Waals surface area contributed by atoms with Gasteiger partial charge in [0.25, 0.3) is 11.8 Å². The number of nitrogens with zero attached hydrogens (tertiary/aromatic N) is 2. The standard InChI is InChI=1S/C23H22Cl2FN3O4.CHF3/c1-4-29-22(31)19(11-32-29)27-21(30)15-6-5-13(7-12(15)2)18-10-23(3,33-28-18)14-8-16(24)20(26)17(25)9-14;2-1(3)4/h5-9,19H,4,10-11H2,1-3H3,(H,27,30);1H. The van der Waals surface area contributed by atoms with Crippen LogP contribution in [0.1, 0.15) is 47.3 Å². The Morgan fingerprint density at radius 2 is 1.86 bits per heavy atom. The molecule has 2 aromatic carbocycles. The molecule has 2 aliphatic rings. The minimum absolute atomic E-state index is 0.0878. The lowest BCUT2D eigenvalue weighted by molar-refractivity contribution is -0.160. The van der Waals surface area contributed by atoms with E-state index in [9.17, 15) is 27.2 Å². The molecule has 7 nitrogen and oxygen atoms in total. The van der Waals surface area contributed by atoms with Crippen molar-refractivity contribution >= 4 is 40.7 Å². The number of halogens is 6. The molecule has 0 aliphatic carbocycles. The van der Waals surface area contributed by atoms with Crippen LogP contribution in [0.2, 0.25) is 10.0 Å². The molecular formula is C24H23Cl2F4N3O4. The van der Waals surface area contributed by atoms with E-state index in [-0.39, 0.29) is 28.5 Å². The fraction of sp³-hybridized carbons (Fsp3) is 0.375. The molecule has 2 aliphatic heterocycles. The highest BCUT2D eigenvalue weighted by Gasteiger charge is 2.38.